The van der Waals surface area contributed by atoms with Crippen LogP contribution in [-0.2, 0) is 17.9 Å². The molecule has 2 amide bonds. The minimum absolute atomic E-state index is 0.220. The van der Waals surface area contributed by atoms with Gasteiger partial charge in [0.05, 0.1) is 21.6 Å². The van der Waals surface area contributed by atoms with Crippen LogP contribution in [0.3, 0.4) is 0 Å². The van der Waals surface area contributed by atoms with Crippen LogP contribution in [0, 0.1) is 3.57 Å². The third kappa shape index (κ3) is 5.84. The van der Waals surface area contributed by atoms with E-state index in [0.29, 0.717) is 29.6 Å². The van der Waals surface area contributed by atoms with Gasteiger partial charge in [-0.25, -0.2) is 0 Å². The molecule has 0 aromatic heterocycles. The lowest BCUT2D eigenvalue weighted by molar-refractivity contribution is -0.123. The molecule has 5 nitrogen and oxygen atoms in total. The van der Waals surface area contributed by atoms with E-state index in [2.05, 4.69) is 38.5 Å². The third-order valence-corrected chi connectivity index (χ3v) is 7.50. The van der Waals surface area contributed by atoms with Gasteiger partial charge in [0.15, 0.2) is 11.5 Å². The van der Waals surface area contributed by atoms with E-state index in [-0.39, 0.29) is 17.7 Å². The summed E-state index contributed by atoms with van der Waals surface area (Å²) in [4.78, 5) is 27.2. The van der Waals surface area contributed by atoms with Gasteiger partial charge in [-0.05, 0) is 82.2 Å². The fourth-order valence-corrected chi connectivity index (χ4v) is 5.42. The summed E-state index contributed by atoms with van der Waals surface area (Å²) in [5.41, 5.74) is 2.70. The standard InChI is InChI=1S/C26H21BrINO4S/c1-2-32-22-13-18(12-21(28)24(22)33-16-17-8-4-3-5-9-17)14-23-25(30)29(26(31)34-23)15-19-10-6-7-11-20(19)27/h3-14H,2,15-16H2,1H3/b23-14-. The monoisotopic (exact) mass is 649 g/mol. The van der Waals surface area contributed by atoms with E-state index in [0.717, 1.165) is 36.5 Å². The van der Waals surface area contributed by atoms with Gasteiger partial charge in [0, 0.05) is 4.47 Å². The topological polar surface area (TPSA) is 55.8 Å². The van der Waals surface area contributed by atoms with E-state index in [4.69, 9.17) is 9.47 Å². The van der Waals surface area contributed by atoms with Crippen molar-refractivity contribution in [3.63, 3.8) is 0 Å². The zero-order chi connectivity index (χ0) is 24.1. The quantitative estimate of drug-likeness (QED) is 0.190. The molecule has 0 bridgehead atoms. The van der Waals surface area contributed by atoms with Crippen molar-refractivity contribution in [1.82, 2.24) is 4.90 Å². The molecular formula is C26H21BrINO4S. The lowest BCUT2D eigenvalue weighted by atomic mass is 10.1. The normalized spacial score (nSPS) is 14.7. The highest BCUT2D eigenvalue weighted by atomic mass is 127. The molecule has 1 saturated heterocycles. The Morgan fingerprint density at radius 2 is 1.76 bits per heavy atom. The van der Waals surface area contributed by atoms with Crippen molar-refractivity contribution in [2.75, 3.05) is 6.61 Å². The number of nitrogens with zero attached hydrogens (tertiary/aromatic N) is 1. The van der Waals surface area contributed by atoms with Gasteiger partial charge in [-0.15, -0.1) is 0 Å². The third-order valence-electron chi connectivity index (χ3n) is 5.02. The van der Waals surface area contributed by atoms with Crippen molar-refractivity contribution in [2.24, 2.45) is 0 Å². The first-order valence-corrected chi connectivity index (χ1v) is 13.3. The molecule has 1 aliphatic heterocycles. The van der Waals surface area contributed by atoms with E-state index in [1.165, 1.54) is 4.90 Å². The fraction of sp³-hybridized carbons (Fsp3) is 0.154. The molecule has 0 spiro atoms. The summed E-state index contributed by atoms with van der Waals surface area (Å²) in [5.74, 6) is 0.956. The Morgan fingerprint density at radius 1 is 1.03 bits per heavy atom. The number of carbonyl (C=O) groups excluding carboxylic acids is 2. The Bertz CT molecular complexity index is 1250. The number of hydrogen-bond acceptors (Lipinski definition) is 5. The van der Waals surface area contributed by atoms with Crippen LogP contribution in [0.4, 0.5) is 4.79 Å². The van der Waals surface area contributed by atoms with Crippen molar-refractivity contribution in [1.29, 1.82) is 0 Å². The van der Waals surface area contributed by atoms with Gasteiger partial charge in [-0.1, -0.05) is 64.5 Å². The van der Waals surface area contributed by atoms with E-state index in [9.17, 15) is 9.59 Å². The predicted octanol–water partition coefficient (Wildman–Crippen LogP) is 7.27. The molecule has 0 aliphatic carbocycles. The highest BCUT2D eigenvalue weighted by Crippen LogP contribution is 2.38. The van der Waals surface area contributed by atoms with Crippen LogP contribution in [0.15, 0.2) is 76.1 Å². The molecule has 1 aliphatic rings. The average Bonchev–Trinajstić information content (AvgIpc) is 3.08. The Balaban J connectivity index is 1.56. The van der Waals surface area contributed by atoms with Gasteiger partial charge < -0.3 is 9.47 Å². The number of halogens is 2. The second kappa shape index (κ2) is 11.4. The van der Waals surface area contributed by atoms with Crippen LogP contribution in [0.25, 0.3) is 6.08 Å². The molecule has 1 heterocycles. The Labute approximate surface area is 224 Å². The first-order chi connectivity index (χ1) is 16.5. The number of ether oxygens (including phenoxy) is 2. The highest BCUT2D eigenvalue weighted by Gasteiger charge is 2.35. The number of rotatable bonds is 8. The van der Waals surface area contributed by atoms with E-state index >= 15 is 0 Å². The van der Waals surface area contributed by atoms with Crippen molar-refractivity contribution >= 4 is 67.5 Å². The molecule has 8 heteroatoms. The maximum absolute atomic E-state index is 13.0. The van der Waals surface area contributed by atoms with E-state index in [1.807, 2.05) is 73.7 Å². The summed E-state index contributed by atoms with van der Waals surface area (Å²) in [6, 6.07) is 21.2. The molecule has 34 heavy (non-hydrogen) atoms. The van der Waals surface area contributed by atoms with Crippen LogP contribution < -0.4 is 9.47 Å². The number of benzene rings is 3. The smallest absolute Gasteiger partial charge is 0.293 e. The molecule has 4 rings (SSSR count). The van der Waals surface area contributed by atoms with Gasteiger partial charge in [-0.2, -0.15) is 0 Å². The van der Waals surface area contributed by atoms with Crippen LogP contribution in [0.1, 0.15) is 23.6 Å². The maximum atomic E-state index is 13.0. The largest absolute Gasteiger partial charge is 0.490 e. The average molecular weight is 650 g/mol. The molecule has 0 radical (unpaired) electrons. The van der Waals surface area contributed by atoms with Crippen molar-refractivity contribution in [2.45, 2.75) is 20.1 Å². The van der Waals surface area contributed by atoms with Crippen LogP contribution in [-0.4, -0.2) is 22.7 Å². The number of hydrogen-bond donors (Lipinski definition) is 0. The van der Waals surface area contributed by atoms with Gasteiger partial charge in [0.1, 0.15) is 6.61 Å². The number of imide groups is 1. The lowest BCUT2D eigenvalue weighted by Gasteiger charge is -2.15. The molecular weight excluding hydrogens is 629 g/mol. The Hall–Kier alpha value is -2.30. The first-order valence-electron chi connectivity index (χ1n) is 10.6. The summed E-state index contributed by atoms with van der Waals surface area (Å²) in [6.07, 6.45) is 1.73. The minimum atomic E-state index is -0.303. The zero-order valence-corrected chi connectivity index (χ0v) is 22.9. The van der Waals surface area contributed by atoms with Crippen LogP contribution in [0.2, 0.25) is 0 Å². The van der Waals surface area contributed by atoms with Crippen molar-refractivity contribution in [3.05, 3.63) is 96.4 Å². The van der Waals surface area contributed by atoms with Gasteiger partial charge >= 0.3 is 0 Å². The SMILES string of the molecule is CCOc1cc(/C=C2\SC(=O)N(Cc3ccccc3Br)C2=O)cc(I)c1OCc1ccccc1. The van der Waals surface area contributed by atoms with Crippen molar-refractivity contribution in [3.8, 4) is 11.5 Å². The molecule has 0 saturated carbocycles. The lowest BCUT2D eigenvalue weighted by Crippen LogP contribution is -2.27. The molecule has 3 aromatic carbocycles. The number of thioether (sulfide) groups is 1. The Kier molecular flexibility index (Phi) is 8.33. The van der Waals surface area contributed by atoms with E-state index < -0.39 is 0 Å². The number of carbonyl (C=O) groups is 2. The van der Waals surface area contributed by atoms with Gasteiger partial charge in [-0.3, -0.25) is 14.5 Å². The molecule has 0 unspecified atom stereocenters. The second-order valence-electron chi connectivity index (χ2n) is 7.40. The van der Waals surface area contributed by atoms with Crippen LogP contribution >= 0.6 is 50.3 Å². The molecule has 0 atom stereocenters. The molecule has 3 aromatic rings. The zero-order valence-electron chi connectivity index (χ0n) is 18.3. The number of amides is 2. The van der Waals surface area contributed by atoms with Crippen LogP contribution in [0.5, 0.6) is 11.5 Å². The first kappa shape index (κ1) is 24.8. The van der Waals surface area contributed by atoms with Gasteiger partial charge in [0.25, 0.3) is 11.1 Å². The minimum Gasteiger partial charge on any atom is -0.490 e. The fourth-order valence-electron chi connectivity index (χ4n) is 3.39. The predicted molar refractivity (Wildman–Crippen MR) is 147 cm³/mol. The summed E-state index contributed by atoms with van der Waals surface area (Å²) in [6.45, 7) is 3.03. The molecule has 174 valence electrons. The summed E-state index contributed by atoms with van der Waals surface area (Å²) >= 11 is 6.63. The molecule has 0 N–H and O–H groups in total. The van der Waals surface area contributed by atoms with Gasteiger partial charge in [0.2, 0.25) is 0 Å². The maximum Gasteiger partial charge on any atom is 0.293 e. The summed E-state index contributed by atoms with van der Waals surface area (Å²) < 4.78 is 13.6. The summed E-state index contributed by atoms with van der Waals surface area (Å²) in [5, 5.41) is -0.283. The van der Waals surface area contributed by atoms with Crippen molar-refractivity contribution < 1.29 is 19.1 Å². The second-order valence-corrected chi connectivity index (χ2v) is 10.4. The highest BCUT2D eigenvalue weighted by molar-refractivity contribution is 14.1. The van der Waals surface area contributed by atoms with E-state index in [1.54, 1.807) is 6.08 Å². The molecule has 1 fully saturated rings. The summed E-state index contributed by atoms with van der Waals surface area (Å²) in [7, 11) is 0. The Morgan fingerprint density at radius 3 is 2.50 bits per heavy atom.